The lowest BCUT2D eigenvalue weighted by atomic mass is 9.96. The number of piperidine rings is 1. The molecule has 1 fully saturated rings. The third-order valence-electron chi connectivity index (χ3n) is 6.38. The van der Waals surface area contributed by atoms with E-state index in [9.17, 15) is 9.59 Å². The Bertz CT molecular complexity index is 1120. The molecule has 2 aromatic carbocycles. The van der Waals surface area contributed by atoms with E-state index in [1.165, 1.54) is 10.9 Å². The molecule has 1 aromatic heterocycles. The van der Waals surface area contributed by atoms with Crippen molar-refractivity contribution in [3.05, 3.63) is 59.8 Å². The first-order valence-corrected chi connectivity index (χ1v) is 10.6. The van der Waals surface area contributed by atoms with Crippen molar-refractivity contribution in [1.29, 1.82) is 0 Å². The number of hydrogen-bond donors (Lipinski definition) is 2. The summed E-state index contributed by atoms with van der Waals surface area (Å²) in [6.07, 6.45) is 5.86. The quantitative estimate of drug-likeness (QED) is 0.702. The lowest BCUT2D eigenvalue weighted by molar-refractivity contribution is -0.120. The Labute approximate surface area is 175 Å². The summed E-state index contributed by atoms with van der Waals surface area (Å²) in [5, 5.41) is 4.21. The van der Waals surface area contributed by atoms with Crippen LogP contribution >= 0.6 is 0 Å². The number of likely N-dealkylation sites (N-methyl/N-ethyl adjacent to an activating group) is 1. The number of carbonyl (C=O) groups excluding carboxylic acids is 2. The Balaban J connectivity index is 1.30. The minimum atomic E-state index is -0.112. The summed E-state index contributed by atoms with van der Waals surface area (Å²) in [6.45, 7) is 1.45. The van der Waals surface area contributed by atoms with E-state index in [1.54, 1.807) is 4.90 Å². The molecular formula is C24H26N4O2. The highest BCUT2D eigenvalue weighted by molar-refractivity contribution is 6.07. The van der Waals surface area contributed by atoms with Gasteiger partial charge < -0.3 is 20.1 Å². The number of rotatable bonds is 4. The highest BCUT2D eigenvalue weighted by Gasteiger charge is 2.37. The fourth-order valence-corrected chi connectivity index (χ4v) is 4.75. The number of para-hydroxylation sites is 1. The number of aromatic amines is 1. The molecule has 2 amide bonds. The monoisotopic (exact) mass is 402 g/mol. The molecule has 0 saturated carbocycles. The normalized spacial score (nSPS) is 18.3. The molecule has 3 aromatic rings. The molecule has 30 heavy (non-hydrogen) atoms. The van der Waals surface area contributed by atoms with Crippen LogP contribution in [0.25, 0.3) is 10.9 Å². The maximum atomic E-state index is 12.8. The van der Waals surface area contributed by atoms with Crippen molar-refractivity contribution >= 4 is 34.1 Å². The molecule has 0 aliphatic carbocycles. The predicted octanol–water partition coefficient (Wildman–Crippen LogP) is 3.48. The summed E-state index contributed by atoms with van der Waals surface area (Å²) in [7, 11) is 1.81. The van der Waals surface area contributed by atoms with Gasteiger partial charge in [0.05, 0.1) is 11.4 Å². The number of nitrogens with zero attached hydrogens (tertiary/aromatic N) is 2. The molecule has 2 N–H and O–H groups in total. The van der Waals surface area contributed by atoms with Gasteiger partial charge in [-0.1, -0.05) is 18.2 Å². The van der Waals surface area contributed by atoms with Gasteiger partial charge in [0, 0.05) is 42.8 Å². The highest BCUT2D eigenvalue weighted by atomic mass is 16.2. The number of carbonyl (C=O) groups is 2. The standard InChI is InChI=1S/C24H26N4O2/c1-27-22-14-16(9-10-20(22)28-13-5-4-8-21(28)24(27)30)23(29)25-12-11-17-15-26-19-7-3-2-6-18(17)19/h2-3,6-7,9-10,14-15,21,26H,4-5,8,11-13H2,1H3,(H,25,29)/t21-/m0/s1. The van der Waals surface area contributed by atoms with E-state index in [-0.39, 0.29) is 17.9 Å². The van der Waals surface area contributed by atoms with E-state index in [2.05, 4.69) is 27.3 Å². The molecule has 6 nitrogen and oxygen atoms in total. The van der Waals surface area contributed by atoms with Crippen LogP contribution in [0.4, 0.5) is 11.4 Å². The van der Waals surface area contributed by atoms with Gasteiger partial charge in [0.1, 0.15) is 6.04 Å². The molecule has 3 heterocycles. The largest absolute Gasteiger partial charge is 0.361 e. The van der Waals surface area contributed by atoms with E-state index in [0.717, 1.165) is 49.1 Å². The average Bonchev–Trinajstić information content (AvgIpc) is 3.20. The van der Waals surface area contributed by atoms with Gasteiger partial charge in [0.15, 0.2) is 0 Å². The Hall–Kier alpha value is -3.28. The SMILES string of the molecule is CN1C(=O)[C@@H]2CCCCN2c2ccc(C(=O)NCCc3c[nH]c4ccccc34)cc21. The van der Waals surface area contributed by atoms with Crippen LogP contribution in [0.3, 0.4) is 0 Å². The van der Waals surface area contributed by atoms with Crippen LogP contribution in [0.1, 0.15) is 35.2 Å². The molecule has 0 bridgehead atoms. The van der Waals surface area contributed by atoms with Gasteiger partial charge in [-0.2, -0.15) is 0 Å². The van der Waals surface area contributed by atoms with Gasteiger partial charge in [0.2, 0.25) is 5.91 Å². The van der Waals surface area contributed by atoms with E-state index >= 15 is 0 Å². The van der Waals surface area contributed by atoms with Crippen LogP contribution < -0.4 is 15.1 Å². The van der Waals surface area contributed by atoms with Crippen molar-refractivity contribution in [3.8, 4) is 0 Å². The van der Waals surface area contributed by atoms with Crippen molar-refractivity contribution < 1.29 is 9.59 Å². The highest BCUT2D eigenvalue weighted by Crippen LogP contribution is 2.39. The number of H-pyrrole nitrogens is 1. The third kappa shape index (κ3) is 3.12. The zero-order chi connectivity index (χ0) is 20.7. The van der Waals surface area contributed by atoms with Gasteiger partial charge in [-0.05, 0) is 55.5 Å². The maximum absolute atomic E-state index is 12.8. The Kier molecular flexibility index (Phi) is 4.69. The second-order valence-corrected chi connectivity index (χ2v) is 8.17. The fourth-order valence-electron chi connectivity index (χ4n) is 4.75. The van der Waals surface area contributed by atoms with Crippen molar-refractivity contribution in [3.63, 3.8) is 0 Å². The molecule has 5 rings (SSSR count). The first-order chi connectivity index (χ1) is 14.6. The smallest absolute Gasteiger partial charge is 0.251 e. The summed E-state index contributed by atoms with van der Waals surface area (Å²) in [4.78, 5) is 32.7. The number of hydrogen-bond acceptors (Lipinski definition) is 3. The van der Waals surface area contributed by atoms with Crippen molar-refractivity contribution in [2.24, 2.45) is 0 Å². The Morgan fingerprint density at radius 2 is 2.03 bits per heavy atom. The van der Waals surface area contributed by atoms with Gasteiger partial charge in [0.25, 0.3) is 5.91 Å². The lowest BCUT2D eigenvalue weighted by Gasteiger charge is -2.44. The molecule has 1 atom stereocenters. The van der Waals surface area contributed by atoms with Crippen molar-refractivity contribution in [1.82, 2.24) is 10.3 Å². The van der Waals surface area contributed by atoms with E-state index in [1.807, 2.05) is 43.6 Å². The molecule has 1 saturated heterocycles. The zero-order valence-corrected chi connectivity index (χ0v) is 17.1. The second-order valence-electron chi connectivity index (χ2n) is 8.17. The van der Waals surface area contributed by atoms with Crippen molar-refractivity contribution in [2.45, 2.75) is 31.7 Å². The van der Waals surface area contributed by atoms with Gasteiger partial charge in [-0.25, -0.2) is 0 Å². The van der Waals surface area contributed by atoms with E-state index < -0.39 is 0 Å². The Morgan fingerprint density at radius 1 is 1.17 bits per heavy atom. The number of nitrogens with one attached hydrogen (secondary N) is 2. The summed E-state index contributed by atoms with van der Waals surface area (Å²) >= 11 is 0. The summed E-state index contributed by atoms with van der Waals surface area (Å²) < 4.78 is 0. The van der Waals surface area contributed by atoms with Gasteiger partial charge in [-0.15, -0.1) is 0 Å². The molecule has 2 aliphatic rings. The van der Waals surface area contributed by atoms with Crippen LogP contribution in [-0.4, -0.2) is 43.0 Å². The molecule has 0 spiro atoms. The molecule has 0 unspecified atom stereocenters. The van der Waals surface area contributed by atoms with E-state index in [4.69, 9.17) is 0 Å². The summed E-state index contributed by atoms with van der Waals surface area (Å²) in [5.74, 6) is 0.0124. The van der Waals surface area contributed by atoms with Crippen LogP contribution in [0.5, 0.6) is 0 Å². The van der Waals surface area contributed by atoms with Crippen LogP contribution in [-0.2, 0) is 11.2 Å². The molecule has 6 heteroatoms. The first kappa shape index (κ1) is 18.7. The van der Waals surface area contributed by atoms with Crippen molar-refractivity contribution in [2.75, 3.05) is 29.9 Å². The van der Waals surface area contributed by atoms with Gasteiger partial charge in [-0.3, -0.25) is 9.59 Å². The number of benzene rings is 2. The number of anilines is 2. The third-order valence-corrected chi connectivity index (χ3v) is 6.38. The maximum Gasteiger partial charge on any atom is 0.251 e. The van der Waals surface area contributed by atoms with Crippen LogP contribution in [0.2, 0.25) is 0 Å². The topological polar surface area (TPSA) is 68.4 Å². The molecule has 154 valence electrons. The molecular weight excluding hydrogens is 376 g/mol. The first-order valence-electron chi connectivity index (χ1n) is 10.6. The second kappa shape index (κ2) is 7.52. The summed E-state index contributed by atoms with van der Waals surface area (Å²) in [6, 6.07) is 13.8. The minimum absolute atomic E-state index is 0.0629. The minimum Gasteiger partial charge on any atom is -0.361 e. The average molecular weight is 402 g/mol. The lowest BCUT2D eigenvalue weighted by Crippen LogP contribution is -2.54. The number of aromatic nitrogens is 1. The number of amides is 2. The van der Waals surface area contributed by atoms with E-state index in [0.29, 0.717) is 12.1 Å². The Morgan fingerprint density at radius 3 is 2.93 bits per heavy atom. The summed E-state index contributed by atoms with van der Waals surface area (Å²) in [5.41, 5.74) is 4.76. The van der Waals surface area contributed by atoms with Crippen LogP contribution in [0.15, 0.2) is 48.7 Å². The van der Waals surface area contributed by atoms with Crippen LogP contribution in [0, 0.1) is 0 Å². The number of fused-ring (bicyclic) bond motifs is 4. The van der Waals surface area contributed by atoms with Gasteiger partial charge >= 0.3 is 0 Å². The fraction of sp³-hybridized carbons (Fsp3) is 0.333. The zero-order valence-electron chi connectivity index (χ0n) is 17.1. The predicted molar refractivity (Wildman–Crippen MR) is 119 cm³/mol. The molecule has 2 aliphatic heterocycles. The molecule has 0 radical (unpaired) electrons.